The summed E-state index contributed by atoms with van der Waals surface area (Å²) in [6.45, 7) is 5.29. The van der Waals surface area contributed by atoms with Crippen LogP contribution < -0.4 is 5.32 Å². The first-order valence-electron chi connectivity index (χ1n) is 8.15. The number of rotatable bonds is 4. The Balaban J connectivity index is 1.72. The number of aromatic nitrogens is 2. The highest BCUT2D eigenvalue weighted by Crippen LogP contribution is 2.19. The van der Waals surface area contributed by atoms with E-state index >= 15 is 0 Å². The van der Waals surface area contributed by atoms with E-state index in [1.165, 1.54) is 0 Å². The smallest absolute Gasteiger partial charge is 0.272 e. The highest BCUT2D eigenvalue weighted by Gasteiger charge is 2.25. The number of carbonyl (C=O) groups is 1. The summed E-state index contributed by atoms with van der Waals surface area (Å²) >= 11 is 0. The van der Waals surface area contributed by atoms with Crippen LogP contribution in [0.3, 0.4) is 0 Å². The van der Waals surface area contributed by atoms with Crippen molar-refractivity contribution in [1.29, 1.82) is 5.26 Å². The number of aryl methyl sites for hydroxylation is 1. The van der Waals surface area contributed by atoms with Crippen LogP contribution in [0.1, 0.15) is 41.1 Å². The van der Waals surface area contributed by atoms with Crippen LogP contribution in [0.2, 0.25) is 0 Å². The molecule has 6 nitrogen and oxygen atoms in total. The SMILES string of the molecule is Cc1cc(C(=O)NC2CCN(C#N)C2)nn1C(C)c1ccccc1. The molecule has 0 radical (unpaired) electrons. The molecular weight excluding hydrogens is 302 g/mol. The Kier molecular flexibility index (Phi) is 4.52. The highest BCUT2D eigenvalue weighted by atomic mass is 16.2. The quantitative estimate of drug-likeness (QED) is 0.874. The molecule has 24 heavy (non-hydrogen) atoms. The van der Waals surface area contributed by atoms with Crippen LogP contribution in [-0.2, 0) is 0 Å². The second kappa shape index (κ2) is 6.75. The van der Waals surface area contributed by atoms with Crippen LogP contribution in [0.15, 0.2) is 36.4 Å². The fourth-order valence-electron chi connectivity index (χ4n) is 3.09. The molecule has 2 heterocycles. The molecule has 0 saturated carbocycles. The molecule has 0 bridgehead atoms. The molecule has 2 aromatic rings. The van der Waals surface area contributed by atoms with Gasteiger partial charge in [0.15, 0.2) is 6.19 Å². The van der Waals surface area contributed by atoms with Crippen molar-refractivity contribution < 1.29 is 4.79 Å². The summed E-state index contributed by atoms with van der Waals surface area (Å²) in [5.41, 5.74) is 2.52. The van der Waals surface area contributed by atoms with Crippen molar-refractivity contribution in [3.05, 3.63) is 53.3 Å². The van der Waals surface area contributed by atoms with E-state index in [9.17, 15) is 4.79 Å². The van der Waals surface area contributed by atoms with Crippen molar-refractivity contribution >= 4 is 5.91 Å². The first kappa shape index (κ1) is 16.1. The van der Waals surface area contributed by atoms with Gasteiger partial charge in [0.2, 0.25) is 0 Å². The third-order valence-electron chi connectivity index (χ3n) is 4.47. The number of likely N-dealkylation sites (tertiary alicyclic amines) is 1. The van der Waals surface area contributed by atoms with Crippen LogP contribution in [0.4, 0.5) is 0 Å². The molecular formula is C18H21N5O. The van der Waals surface area contributed by atoms with E-state index in [4.69, 9.17) is 5.26 Å². The molecule has 6 heteroatoms. The fourth-order valence-corrected chi connectivity index (χ4v) is 3.09. The van der Waals surface area contributed by atoms with E-state index in [2.05, 4.69) is 35.7 Å². The van der Waals surface area contributed by atoms with Crippen molar-refractivity contribution in [3.8, 4) is 6.19 Å². The Morgan fingerprint density at radius 2 is 2.17 bits per heavy atom. The molecule has 124 valence electrons. The summed E-state index contributed by atoms with van der Waals surface area (Å²) in [6.07, 6.45) is 2.91. The van der Waals surface area contributed by atoms with Gasteiger partial charge in [0.25, 0.3) is 5.91 Å². The lowest BCUT2D eigenvalue weighted by atomic mass is 10.1. The molecule has 1 N–H and O–H groups in total. The van der Waals surface area contributed by atoms with E-state index in [0.29, 0.717) is 18.8 Å². The average Bonchev–Trinajstić information content (AvgIpc) is 3.21. The van der Waals surface area contributed by atoms with Gasteiger partial charge in [-0.2, -0.15) is 10.4 Å². The van der Waals surface area contributed by atoms with Gasteiger partial charge < -0.3 is 10.2 Å². The van der Waals surface area contributed by atoms with Gasteiger partial charge in [0.05, 0.1) is 6.04 Å². The number of carbonyl (C=O) groups excluding carboxylic acids is 1. The van der Waals surface area contributed by atoms with Gasteiger partial charge in [-0.25, -0.2) is 0 Å². The molecule has 2 atom stereocenters. The van der Waals surface area contributed by atoms with E-state index in [1.54, 1.807) is 4.90 Å². The molecule has 1 amide bonds. The Hall–Kier alpha value is -2.81. The van der Waals surface area contributed by atoms with Crippen molar-refractivity contribution in [1.82, 2.24) is 20.0 Å². The fraction of sp³-hybridized carbons (Fsp3) is 0.389. The van der Waals surface area contributed by atoms with Crippen molar-refractivity contribution in [2.24, 2.45) is 0 Å². The highest BCUT2D eigenvalue weighted by molar-refractivity contribution is 5.92. The minimum absolute atomic E-state index is 0.00847. The van der Waals surface area contributed by atoms with Crippen LogP contribution in [0.5, 0.6) is 0 Å². The standard InChI is InChI=1S/C18H21N5O/c1-13-10-17(18(24)20-16-8-9-22(11-16)12-19)21-23(13)14(2)15-6-4-3-5-7-15/h3-7,10,14,16H,8-9,11H2,1-2H3,(H,20,24). The third-order valence-corrected chi connectivity index (χ3v) is 4.47. The third kappa shape index (κ3) is 3.25. The van der Waals surface area contributed by atoms with Gasteiger partial charge in [0, 0.05) is 24.8 Å². The minimum atomic E-state index is -0.179. The maximum Gasteiger partial charge on any atom is 0.272 e. The normalized spacial score (nSPS) is 18.2. The number of nitrogens with zero attached hydrogens (tertiary/aromatic N) is 4. The first-order chi connectivity index (χ1) is 11.6. The molecule has 1 saturated heterocycles. The second-order valence-corrected chi connectivity index (χ2v) is 6.21. The van der Waals surface area contributed by atoms with Gasteiger partial charge in [-0.1, -0.05) is 30.3 Å². The number of nitrogens with one attached hydrogen (secondary N) is 1. The first-order valence-corrected chi connectivity index (χ1v) is 8.15. The minimum Gasteiger partial charge on any atom is -0.346 e. The topological polar surface area (TPSA) is 74.0 Å². The van der Waals surface area contributed by atoms with Gasteiger partial charge in [-0.3, -0.25) is 9.48 Å². The predicted octanol–water partition coefficient (Wildman–Crippen LogP) is 2.09. The Morgan fingerprint density at radius 1 is 1.42 bits per heavy atom. The Bertz CT molecular complexity index is 761. The second-order valence-electron chi connectivity index (χ2n) is 6.21. The molecule has 1 aromatic heterocycles. The molecule has 0 spiro atoms. The Morgan fingerprint density at radius 3 is 2.83 bits per heavy atom. The lowest BCUT2D eigenvalue weighted by Crippen LogP contribution is -2.36. The number of benzene rings is 1. The van der Waals surface area contributed by atoms with Crippen molar-refractivity contribution in [2.75, 3.05) is 13.1 Å². The van der Waals surface area contributed by atoms with Crippen LogP contribution in [0, 0.1) is 18.4 Å². The molecule has 1 aliphatic rings. The zero-order chi connectivity index (χ0) is 17.1. The van der Waals surface area contributed by atoms with Gasteiger partial charge in [-0.15, -0.1) is 0 Å². The van der Waals surface area contributed by atoms with Gasteiger partial charge in [0.1, 0.15) is 5.69 Å². The van der Waals surface area contributed by atoms with E-state index in [1.807, 2.05) is 35.9 Å². The summed E-state index contributed by atoms with van der Waals surface area (Å²) < 4.78 is 1.88. The number of amides is 1. The van der Waals surface area contributed by atoms with Crippen LogP contribution in [-0.4, -0.2) is 39.7 Å². The van der Waals surface area contributed by atoms with E-state index in [-0.39, 0.29) is 18.0 Å². The maximum absolute atomic E-state index is 12.4. The van der Waals surface area contributed by atoms with Crippen molar-refractivity contribution in [3.63, 3.8) is 0 Å². The molecule has 2 unspecified atom stereocenters. The molecule has 1 fully saturated rings. The molecule has 3 rings (SSSR count). The molecule has 1 aromatic carbocycles. The molecule has 0 aliphatic carbocycles. The lowest BCUT2D eigenvalue weighted by molar-refractivity contribution is 0.0933. The summed E-state index contributed by atoms with van der Waals surface area (Å²) in [6, 6.07) is 12.0. The molecule has 1 aliphatic heterocycles. The Labute approximate surface area is 141 Å². The van der Waals surface area contributed by atoms with Gasteiger partial charge in [-0.05, 0) is 31.9 Å². The van der Waals surface area contributed by atoms with Crippen molar-refractivity contribution in [2.45, 2.75) is 32.4 Å². The maximum atomic E-state index is 12.4. The lowest BCUT2D eigenvalue weighted by Gasteiger charge is -2.14. The summed E-state index contributed by atoms with van der Waals surface area (Å²) in [5.74, 6) is -0.179. The number of nitriles is 1. The summed E-state index contributed by atoms with van der Waals surface area (Å²) in [7, 11) is 0. The van der Waals surface area contributed by atoms with E-state index in [0.717, 1.165) is 17.7 Å². The summed E-state index contributed by atoms with van der Waals surface area (Å²) in [4.78, 5) is 14.1. The average molecular weight is 323 g/mol. The number of hydrogen-bond acceptors (Lipinski definition) is 4. The van der Waals surface area contributed by atoms with E-state index < -0.39 is 0 Å². The number of hydrogen-bond donors (Lipinski definition) is 1. The zero-order valence-electron chi connectivity index (χ0n) is 13.9. The van der Waals surface area contributed by atoms with Gasteiger partial charge >= 0.3 is 0 Å². The van der Waals surface area contributed by atoms with Crippen LogP contribution >= 0.6 is 0 Å². The largest absolute Gasteiger partial charge is 0.346 e. The predicted molar refractivity (Wildman–Crippen MR) is 90.3 cm³/mol. The monoisotopic (exact) mass is 323 g/mol. The van der Waals surface area contributed by atoms with Crippen LogP contribution in [0.25, 0.3) is 0 Å². The zero-order valence-corrected chi connectivity index (χ0v) is 13.9. The summed E-state index contributed by atoms with van der Waals surface area (Å²) in [5, 5.41) is 16.4.